The Morgan fingerprint density at radius 3 is 2.71 bits per heavy atom. The fraction of sp³-hybridized carbons (Fsp3) is 0.400. The van der Waals surface area contributed by atoms with E-state index in [9.17, 15) is 35.1 Å². The Kier molecular flexibility index (Phi) is 6.47. The lowest BCUT2D eigenvalue weighted by Crippen LogP contribution is -2.76. The quantitative estimate of drug-likeness (QED) is 0.247. The predicted octanol–water partition coefficient (Wildman–Crippen LogP) is 0.525. The Labute approximate surface area is 235 Å². The molecule has 6 rings (SSSR count). The van der Waals surface area contributed by atoms with Crippen LogP contribution in [0.4, 0.5) is 0 Å². The molecule has 1 aromatic carbocycles. The smallest absolute Gasteiger partial charge is 0.230 e. The summed E-state index contributed by atoms with van der Waals surface area (Å²) in [5, 5.41) is 58.4. The molecule has 1 saturated heterocycles. The summed E-state index contributed by atoms with van der Waals surface area (Å²) >= 11 is 0. The van der Waals surface area contributed by atoms with Crippen LogP contribution in [0.5, 0.6) is 5.75 Å². The van der Waals surface area contributed by atoms with E-state index in [2.05, 4.69) is 5.32 Å². The first-order valence-corrected chi connectivity index (χ1v) is 13.4. The zero-order valence-electron chi connectivity index (χ0n) is 22.2. The maximum atomic E-state index is 13.7. The van der Waals surface area contributed by atoms with Gasteiger partial charge in [-0.2, -0.15) is 0 Å². The van der Waals surface area contributed by atoms with E-state index >= 15 is 0 Å². The van der Waals surface area contributed by atoms with Gasteiger partial charge in [-0.25, -0.2) is 0 Å². The van der Waals surface area contributed by atoms with Gasteiger partial charge < -0.3 is 46.1 Å². The van der Waals surface area contributed by atoms with Crippen molar-refractivity contribution < 1.29 is 44.6 Å². The SMILES string of the molecule is CC1=C[C@@H]2C(=O)c3cccc(O[C@@H]4O[C@@]5(CO)C=C[C@H](CC6=CCNC(N)=C6)[C@@](O)([C@H]4O)[C@@H]5O)c3C(=O)[C@@H]2C(O)=C1. The van der Waals surface area contributed by atoms with Gasteiger partial charge in [0.05, 0.1) is 29.8 Å². The highest BCUT2D eigenvalue weighted by molar-refractivity contribution is 6.19. The number of aliphatic hydroxyl groups excluding tert-OH is 4. The molecule has 0 aromatic heterocycles. The first-order chi connectivity index (χ1) is 19.5. The van der Waals surface area contributed by atoms with Crippen molar-refractivity contribution in [1.29, 1.82) is 0 Å². The zero-order chi connectivity index (χ0) is 29.3. The molecule has 216 valence electrons. The molecule has 11 nitrogen and oxygen atoms in total. The van der Waals surface area contributed by atoms with Gasteiger partial charge in [-0.05, 0) is 37.1 Å². The summed E-state index contributed by atoms with van der Waals surface area (Å²) in [5.41, 5.74) is 3.26. The molecule has 8 N–H and O–H groups in total. The molecule has 0 unspecified atom stereocenters. The number of ketones is 2. The lowest BCUT2D eigenvalue weighted by Gasteiger charge is -2.57. The van der Waals surface area contributed by atoms with E-state index in [4.69, 9.17) is 15.2 Å². The monoisotopic (exact) mass is 564 g/mol. The van der Waals surface area contributed by atoms with Gasteiger partial charge in [0, 0.05) is 18.0 Å². The molecule has 41 heavy (non-hydrogen) atoms. The molecule has 3 aliphatic carbocycles. The van der Waals surface area contributed by atoms with Crippen LogP contribution in [0, 0.1) is 17.8 Å². The Hall–Kier alpha value is -3.74. The largest absolute Gasteiger partial charge is 0.511 e. The van der Waals surface area contributed by atoms with E-state index in [1.165, 1.54) is 30.4 Å². The van der Waals surface area contributed by atoms with Crippen LogP contribution in [0.15, 0.2) is 77.4 Å². The Morgan fingerprint density at radius 2 is 1.98 bits per heavy atom. The van der Waals surface area contributed by atoms with Gasteiger partial charge in [0.1, 0.15) is 34.9 Å². The third-order valence-electron chi connectivity index (χ3n) is 8.75. The second kappa shape index (κ2) is 9.68. The third-order valence-corrected chi connectivity index (χ3v) is 8.75. The number of nitrogens with one attached hydrogen (secondary N) is 1. The number of fused-ring (bicyclic) bond motifs is 4. The highest BCUT2D eigenvalue weighted by Gasteiger charge is 2.66. The maximum Gasteiger partial charge on any atom is 0.230 e. The van der Waals surface area contributed by atoms with E-state index in [1.807, 2.05) is 6.08 Å². The summed E-state index contributed by atoms with van der Waals surface area (Å²) in [6, 6.07) is 4.42. The van der Waals surface area contributed by atoms with Crippen LogP contribution in [-0.2, 0) is 4.74 Å². The highest BCUT2D eigenvalue weighted by Crippen LogP contribution is 2.49. The van der Waals surface area contributed by atoms with Crippen molar-refractivity contribution in [3.8, 4) is 5.75 Å². The van der Waals surface area contributed by atoms with Crippen LogP contribution < -0.4 is 15.8 Å². The van der Waals surface area contributed by atoms with Crippen LogP contribution in [-0.4, -0.2) is 80.0 Å². The predicted molar refractivity (Wildman–Crippen MR) is 144 cm³/mol. The standard InChI is InChI=1S/C30H32N2O9/c1-14-9-18-22(19(34)10-14)25(36)23-17(24(18)35)3-2-4-20(23)40-27-26(37)30(39)16(11-15-6-8-32-21(31)12-15)5-7-29(13-33,41-27)28(30)38/h2-7,9-10,12,16,18,22,26-28,32-34,37-39H,8,11,13,31H2,1H3/t16-,18+,22+,26+,27-,28-,29-,30-/m1/s1. The number of hydrogen-bond donors (Lipinski definition) is 7. The van der Waals surface area contributed by atoms with Crippen LogP contribution in [0.25, 0.3) is 0 Å². The number of nitrogens with two attached hydrogens (primary N) is 1. The number of dihydropyridines is 1. The number of ether oxygens (including phenoxy) is 2. The molecule has 0 spiro atoms. The minimum Gasteiger partial charge on any atom is -0.511 e. The number of aliphatic hydroxyl groups is 5. The third kappa shape index (κ3) is 4.07. The van der Waals surface area contributed by atoms with Crippen molar-refractivity contribution in [2.45, 2.75) is 43.0 Å². The summed E-state index contributed by atoms with van der Waals surface area (Å²) in [5.74, 6) is -3.63. The number of carbonyl (C=O) groups excluding carboxylic acids is 2. The Morgan fingerprint density at radius 1 is 1.20 bits per heavy atom. The van der Waals surface area contributed by atoms with Crippen LogP contribution in [0.3, 0.4) is 0 Å². The normalized spacial score (nSPS) is 37.6. The fourth-order valence-corrected chi connectivity index (χ4v) is 6.61. The summed E-state index contributed by atoms with van der Waals surface area (Å²) in [6.07, 6.45) is 4.62. The fourth-order valence-electron chi connectivity index (χ4n) is 6.61. The lowest BCUT2D eigenvalue weighted by molar-refractivity contribution is -0.349. The Balaban J connectivity index is 1.36. The van der Waals surface area contributed by atoms with Crippen LogP contribution >= 0.6 is 0 Å². The number of allylic oxidation sites excluding steroid dienone is 6. The minimum absolute atomic E-state index is 0.0867. The van der Waals surface area contributed by atoms with Crippen molar-refractivity contribution >= 4 is 11.6 Å². The average molecular weight is 565 g/mol. The van der Waals surface area contributed by atoms with Gasteiger partial charge in [0.15, 0.2) is 11.6 Å². The number of rotatable bonds is 5. The van der Waals surface area contributed by atoms with Crippen LogP contribution in [0.2, 0.25) is 0 Å². The molecular formula is C30H32N2O9. The van der Waals surface area contributed by atoms with E-state index in [0.29, 0.717) is 17.9 Å². The highest BCUT2D eigenvalue weighted by atomic mass is 16.7. The van der Waals surface area contributed by atoms with E-state index in [0.717, 1.165) is 5.57 Å². The summed E-state index contributed by atoms with van der Waals surface area (Å²) < 4.78 is 11.9. The molecule has 0 saturated carbocycles. The first kappa shape index (κ1) is 27.4. The van der Waals surface area contributed by atoms with Gasteiger partial charge in [0.2, 0.25) is 6.29 Å². The van der Waals surface area contributed by atoms with Gasteiger partial charge in [-0.3, -0.25) is 9.59 Å². The molecular weight excluding hydrogens is 532 g/mol. The van der Waals surface area contributed by atoms with Gasteiger partial charge in [0.25, 0.3) is 0 Å². The molecule has 2 bridgehead atoms. The molecule has 2 aliphatic heterocycles. The molecule has 0 amide bonds. The molecule has 1 fully saturated rings. The van der Waals surface area contributed by atoms with Crippen molar-refractivity contribution in [2.75, 3.05) is 13.2 Å². The number of hydrogen-bond acceptors (Lipinski definition) is 11. The summed E-state index contributed by atoms with van der Waals surface area (Å²) in [4.78, 5) is 27.0. The molecule has 0 radical (unpaired) electrons. The Bertz CT molecular complexity index is 1480. The first-order valence-electron chi connectivity index (χ1n) is 13.4. The second-order valence-corrected chi connectivity index (χ2v) is 11.3. The molecule has 1 aromatic rings. The molecule has 5 aliphatic rings. The van der Waals surface area contributed by atoms with E-state index in [-0.39, 0.29) is 34.8 Å². The van der Waals surface area contributed by atoms with Crippen LogP contribution in [0.1, 0.15) is 34.1 Å². The molecule has 2 heterocycles. The summed E-state index contributed by atoms with van der Waals surface area (Å²) in [7, 11) is 0. The van der Waals surface area contributed by atoms with Crippen molar-refractivity contribution in [2.24, 2.45) is 23.5 Å². The molecule has 8 atom stereocenters. The summed E-state index contributed by atoms with van der Waals surface area (Å²) in [6.45, 7) is 1.45. The minimum atomic E-state index is -2.23. The van der Waals surface area contributed by atoms with Crippen molar-refractivity contribution in [1.82, 2.24) is 5.32 Å². The number of carbonyl (C=O) groups is 2. The van der Waals surface area contributed by atoms with Gasteiger partial charge in [-0.15, -0.1) is 0 Å². The van der Waals surface area contributed by atoms with Gasteiger partial charge >= 0.3 is 0 Å². The van der Waals surface area contributed by atoms with Crippen molar-refractivity contribution in [3.63, 3.8) is 0 Å². The van der Waals surface area contributed by atoms with E-state index < -0.39 is 59.8 Å². The maximum absolute atomic E-state index is 13.7. The average Bonchev–Trinajstić information content (AvgIpc) is 2.94. The number of Topliss-reactive ketones (excluding diaryl/α,β-unsaturated/α-hetero) is 2. The second-order valence-electron chi connectivity index (χ2n) is 11.3. The topological polar surface area (TPSA) is 192 Å². The van der Waals surface area contributed by atoms with E-state index in [1.54, 1.807) is 25.2 Å². The molecule has 11 heteroatoms. The zero-order valence-corrected chi connectivity index (χ0v) is 22.2. The number of benzene rings is 1. The lowest BCUT2D eigenvalue weighted by atomic mass is 9.64. The van der Waals surface area contributed by atoms with Crippen molar-refractivity contribution in [3.05, 3.63) is 88.5 Å². The van der Waals surface area contributed by atoms with Gasteiger partial charge in [-0.1, -0.05) is 42.0 Å².